The molecule has 1 atom stereocenters. The first-order valence-corrected chi connectivity index (χ1v) is 6.55. The largest absolute Gasteiger partial charge is 0.497 e. The number of hydrogen-bond donors (Lipinski definition) is 1. The molecule has 0 aliphatic carbocycles. The molecule has 0 aliphatic heterocycles. The smallest absolute Gasteiger partial charge is 0.254 e. The Morgan fingerprint density at radius 2 is 2.00 bits per heavy atom. The minimum absolute atomic E-state index is 0.135. The second kappa shape index (κ2) is 6.39. The number of carbonyl (C=O) groups excluding carboxylic acids is 1. The van der Waals surface area contributed by atoms with E-state index < -0.39 is 0 Å². The molecule has 104 valence electrons. The molecule has 2 aromatic rings. The van der Waals surface area contributed by atoms with E-state index in [9.17, 15) is 4.79 Å². The highest BCUT2D eigenvalue weighted by molar-refractivity contribution is 6.32. The van der Waals surface area contributed by atoms with E-state index in [0.717, 1.165) is 11.3 Å². The molecule has 0 saturated heterocycles. The number of hydrogen-bond acceptors (Lipinski definition) is 3. The Balaban J connectivity index is 2.09. The molecule has 0 unspecified atom stereocenters. The van der Waals surface area contributed by atoms with Crippen LogP contribution in [0.2, 0.25) is 5.15 Å². The molecular weight excluding hydrogens is 276 g/mol. The number of halogens is 1. The lowest BCUT2D eigenvalue weighted by atomic mass is 10.1. The molecule has 0 aliphatic rings. The number of aromatic nitrogens is 1. The van der Waals surface area contributed by atoms with Crippen molar-refractivity contribution in [1.82, 2.24) is 10.3 Å². The van der Waals surface area contributed by atoms with Crippen molar-refractivity contribution in [3.63, 3.8) is 0 Å². The lowest BCUT2D eigenvalue weighted by molar-refractivity contribution is 0.0939. The van der Waals surface area contributed by atoms with Gasteiger partial charge in [0.15, 0.2) is 0 Å². The van der Waals surface area contributed by atoms with Gasteiger partial charge in [-0.15, -0.1) is 0 Å². The highest BCUT2D eigenvalue weighted by Gasteiger charge is 2.14. The number of rotatable bonds is 4. The molecule has 0 spiro atoms. The summed E-state index contributed by atoms with van der Waals surface area (Å²) in [5, 5.41) is 3.09. The molecule has 0 radical (unpaired) electrons. The van der Waals surface area contributed by atoms with E-state index in [1.807, 2.05) is 31.2 Å². The molecule has 4 nitrogen and oxygen atoms in total. The van der Waals surface area contributed by atoms with E-state index in [4.69, 9.17) is 16.3 Å². The summed E-state index contributed by atoms with van der Waals surface area (Å²) in [6.07, 6.45) is 1.55. The number of benzene rings is 1. The SMILES string of the molecule is COc1ccc([C@H](C)NC(=O)c2cccnc2Cl)cc1. The number of methoxy groups -OCH3 is 1. The number of amides is 1. The minimum Gasteiger partial charge on any atom is -0.497 e. The summed E-state index contributed by atoms with van der Waals surface area (Å²) in [5.41, 5.74) is 1.36. The molecular formula is C15H15ClN2O2. The zero-order chi connectivity index (χ0) is 14.5. The van der Waals surface area contributed by atoms with Gasteiger partial charge in [0.1, 0.15) is 10.9 Å². The molecule has 1 aromatic heterocycles. The lowest BCUT2D eigenvalue weighted by Gasteiger charge is -2.15. The number of ether oxygens (including phenoxy) is 1. The Hall–Kier alpha value is -2.07. The minimum atomic E-state index is -0.244. The first-order chi connectivity index (χ1) is 9.61. The molecule has 20 heavy (non-hydrogen) atoms. The van der Waals surface area contributed by atoms with Crippen LogP contribution in [0, 0.1) is 0 Å². The van der Waals surface area contributed by atoms with Gasteiger partial charge in [0.05, 0.1) is 18.7 Å². The summed E-state index contributed by atoms with van der Waals surface area (Å²) in [5.74, 6) is 0.536. The van der Waals surface area contributed by atoms with Crippen LogP contribution in [0.5, 0.6) is 5.75 Å². The fourth-order valence-corrected chi connectivity index (χ4v) is 2.01. The molecule has 1 N–H and O–H groups in total. The van der Waals surface area contributed by atoms with Crippen molar-refractivity contribution in [2.24, 2.45) is 0 Å². The molecule has 0 fully saturated rings. The Labute approximate surface area is 122 Å². The molecule has 2 rings (SSSR count). The van der Waals surface area contributed by atoms with Gasteiger partial charge in [0.25, 0.3) is 5.91 Å². The van der Waals surface area contributed by atoms with Crippen LogP contribution in [-0.4, -0.2) is 18.0 Å². The van der Waals surface area contributed by atoms with Crippen LogP contribution in [0.4, 0.5) is 0 Å². The first kappa shape index (κ1) is 14.3. The summed E-state index contributed by atoms with van der Waals surface area (Å²) in [6, 6.07) is 10.7. The van der Waals surface area contributed by atoms with Crippen LogP contribution in [0.3, 0.4) is 0 Å². The Morgan fingerprint density at radius 3 is 2.60 bits per heavy atom. The topological polar surface area (TPSA) is 51.2 Å². The van der Waals surface area contributed by atoms with Gasteiger partial charge in [0.2, 0.25) is 0 Å². The normalized spacial score (nSPS) is 11.8. The third-order valence-corrected chi connectivity index (χ3v) is 3.27. The second-order valence-corrected chi connectivity index (χ2v) is 4.67. The molecule has 0 saturated carbocycles. The summed E-state index contributed by atoms with van der Waals surface area (Å²) in [4.78, 5) is 16.0. The van der Waals surface area contributed by atoms with E-state index in [1.165, 1.54) is 0 Å². The van der Waals surface area contributed by atoms with Crippen LogP contribution in [0.25, 0.3) is 0 Å². The maximum Gasteiger partial charge on any atom is 0.254 e. The van der Waals surface area contributed by atoms with Gasteiger partial charge in [0, 0.05) is 6.20 Å². The third-order valence-electron chi connectivity index (χ3n) is 2.97. The monoisotopic (exact) mass is 290 g/mol. The van der Waals surface area contributed by atoms with Gasteiger partial charge in [-0.1, -0.05) is 23.7 Å². The molecule has 1 aromatic carbocycles. The summed E-state index contributed by atoms with van der Waals surface area (Å²) in [7, 11) is 1.62. The van der Waals surface area contributed by atoms with E-state index in [2.05, 4.69) is 10.3 Å². The quantitative estimate of drug-likeness (QED) is 0.880. The van der Waals surface area contributed by atoms with Gasteiger partial charge in [-0.2, -0.15) is 0 Å². The number of carbonyl (C=O) groups is 1. The Kier molecular flexibility index (Phi) is 4.58. The van der Waals surface area contributed by atoms with Crippen molar-refractivity contribution in [1.29, 1.82) is 0 Å². The van der Waals surface area contributed by atoms with Crippen LogP contribution in [0.1, 0.15) is 28.9 Å². The van der Waals surface area contributed by atoms with Crippen molar-refractivity contribution in [2.45, 2.75) is 13.0 Å². The van der Waals surface area contributed by atoms with Gasteiger partial charge in [-0.25, -0.2) is 4.98 Å². The summed E-state index contributed by atoms with van der Waals surface area (Å²) in [6.45, 7) is 1.91. The summed E-state index contributed by atoms with van der Waals surface area (Å²) < 4.78 is 5.10. The lowest BCUT2D eigenvalue weighted by Crippen LogP contribution is -2.27. The predicted octanol–water partition coefficient (Wildman–Crippen LogP) is 3.23. The third kappa shape index (κ3) is 3.27. The average Bonchev–Trinajstić information content (AvgIpc) is 2.47. The van der Waals surface area contributed by atoms with E-state index in [-0.39, 0.29) is 17.1 Å². The van der Waals surface area contributed by atoms with Crippen LogP contribution < -0.4 is 10.1 Å². The predicted molar refractivity (Wildman–Crippen MR) is 78.1 cm³/mol. The highest BCUT2D eigenvalue weighted by Crippen LogP contribution is 2.18. The molecule has 1 heterocycles. The zero-order valence-electron chi connectivity index (χ0n) is 11.3. The number of pyridine rings is 1. The van der Waals surface area contributed by atoms with Gasteiger partial charge in [-0.05, 0) is 36.8 Å². The van der Waals surface area contributed by atoms with Crippen molar-refractivity contribution >= 4 is 17.5 Å². The fraction of sp³-hybridized carbons (Fsp3) is 0.200. The van der Waals surface area contributed by atoms with Gasteiger partial charge < -0.3 is 10.1 Å². The van der Waals surface area contributed by atoms with Crippen molar-refractivity contribution in [3.8, 4) is 5.75 Å². The first-order valence-electron chi connectivity index (χ1n) is 6.17. The summed E-state index contributed by atoms with van der Waals surface area (Å²) >= 11 is 5.90. The van der Waals surface area contributed by atoms with Gasteiger partial charge >= 0.3 is 0 Å². The van der Waals surface area contributed by atoms with E-state index >= 15 is 0 Å². The Morgan fingerprint density at radius 1 is 1.30 bits per heavy atom. The van der Waals surface area contributed by atoms with E-state index in [0.29, 0.717) is 5.56 Å². The highest BCUT2D eigenvalue weighted by atomic mass is 35.5. The maximum absolute atomic E-state index is 12.1. The average molecular weight is 291 g/mol. The fourth-order valence-electron chi connectivity index (χ4n) is 1.81. The number of nitrogens with zero attached hydrogens (tertiary/aromatic N) is 1. The zero-order valence-corrected chi connectivity index (χ0v) is 12.0. The van der Waals surface area contributed by atoms with Gasteiger partial charge in [-0.3, -0.25) is 4.79 Å². The molecule has 0 bridgehead atoms. The Bertz CT molecular complexity index is 599. The van der Waals surface area contributed by atoms with Crippen molar-refractivity contribution in [3.05, 3.63) is 58.9 Å². The maximum atomic E-state index is 12.1. The number of nitrogens with one attached hydrogen (secondary N) is 1. The van der Waals surface area contributed by atoms with E-state index in [1.54, 1.807) is 25.4 Å². The standard InChI is InChI=1S/C15H15ClN2O2/c1-10(11-5-7-12(20-2)8-6-11)18-15(19)13-4-3-9-17-14(13)16/h3-10H,1-2H3,(H,18,19)/t10-/m0/s1. The second-order valence-electron chi connectivity index (χ2n) is 4.31. The van der Waals surface area contributed by atoms with Crippen LogP contribution in [-0.2, 0) is 0 Å². The van der Waals surface area contributed by atoms with Crippen molar-refractivity contribution < 1.29 is 9.53 Å². The van der Waals surface area contributed by atoms with Crippen LogP contribution >= 0.6 is 11.6 Å². The van der Waals surface area contributed by atoms with Crippen molar-refractivity contribution in [2.75, 3.05) is 7.11 Å². The molecule has 1 amide bonds. The molecule has 5 heteroatoms. The van der Waals surface area contributed by atoms with Crippen LogP contribution in [0.15, 0.2) is 42.6 Å².